The molecule has 31 heavy (non-hydrogen) atoms. The molecular weight excluding hydrogens is 393 g/mol. The first-order chi connectivity index (χ1) is 15.2. The molecule has 0 saturated carbocycles. The van der Waals surface area contributed by atoms with Gasteiger partial charge in [0.25, 0.3) is 5.91 Å². The highest BCUT2D eigenvalue weighted by molar-refractivity contribution is 6.05. The van der Waals surface area contributed by atoms with E-state index in [0.717, 1.165) is 35.5 Å². The predicted octanol–water partition coefficient (Wildman–Crippen LogP) is 4.88. The van der Waals surface area contributed by atoms with Crippen LogP contribution < -0.4 is 5.32 Å². The summed E-state index contributed by atoms with van der Waals surface area (Å²) in [6.45, 7) is 0.660. The fourth-order valence-corrected chi connectivity index (χ4v) is 4.03. The van der Waals surface area contributed by atoms with Gasteiger partial charge in [-0.25, -0.2) is 14.4 Å². The molecule has 0 radical (unpaired) electrons. The van der Waals surface area contributed by atoms with Crippen LogP contribution in [-0.4, -0.2) is 32.3 Å². The van der Waals surface area contributed by atoms with Gasteiger partial charge in [0, 0.05) is 18.1 Å². The summed E-state index contributed by atoms with van der Waals surface area (Å²) in [6, 6.07) is 18.1. The van der Waals surface area contributed by atoms with Crippen LogP contribution >= 0.6 is 0 Å². The number of pyridine rings is 3. The number of carbonyl (C=O) groups is 1. The second-order valence-electron chi connectivity index (χ2n) is 7.47. The zero-order chi connectivity index (χ0) is 21.2. The van der Waals surface area contributed by atoms with Crippen molar-refractivity contribution in [1.82, 2.24) is 19.9 Å². The largest absolute Gasteiger partial charge is 0.329 e. The highest BCUT2D eigenvalue weighted by Gasteiger charge is 2.33. The van der Waals surface area contributed by atoms with E-state index in [1.165, 1.54) is 6.07 Å². The third-order valence-corrected chi connectivity index (χ3v) is 5.49. The van der Waals surface area contributed by atoms with Crippen LogP contribution in [-0.2, 0) is 0 Å². The number of hydrogen-bond acceptors (Lipinski definition) is 5. The van der Waals surface area contributed by atoms with Crippen molar-refractivity contribution in [3.63, 3.8) is 0 Å². The van der Waals surface area contributed by atoms with E-state index in [0.29, 0.717) is 23.9 Å². The highest BCUT2D eigenvalue weighted by Crippen LogP contribution is 2.33. The van der Waals surface area contributed by atoms with Gasteiger partial charge in [0.05, 0.1) is 17.9 Å². The molecule has 1 fully saturated rings. The maximum absolute atomic E-state index is 13.4. The van der Waals surface area contributed by atoms with Gasteiger partial charge >= 0.3 is 0 Å². The van der Waals surface area contributed by atoms with Crippen LogP contribution in [0, 0.1) is 5.82 Å². The Hall–Kier alpha value is -3.87. The van der Waals surface area contributed by atoms with Crippen LogP contribution in [0.5, 0.6) is 0 Å². The SMILES string of the molecule is O=C(c1nccc2ccccc12)N1CCCC1c1cccc(Nc2ccc(F)cn2)n1. The maximum atomic E-state index is 13.4. The van der Waals surface area contributed by atoms with Crippen LogP contribution in [0.1, 0.15) is 35.1 Å². The molecule has 4 heterocycles. The second-order valence-corrected chi connectivity index (χ2v) is 7.47. The highest BCUT2D eigenvalue weighted by atomic mass is 19.1. The number of likely N-dealkylation sites (tertiary alicyclic amines) is 1. The number of halogens is 1. The second kappa shape index (κ2) is 8.10. The lowest BCUT2D eigenvalue weighted by atomic mass is 10.1. The number of anilines is 2. The van der Waals surface area contributed by atoms with Gasteiger partial charge in [-0.3, -0.25) is 9.78 Å². The van der Waals surface area contributed by atoms with Crippen molar-refractivity contribution < 1.29 is 9.18 Å². The van der Waals surface area contributed by atoms with Gasteiger partial charge in [0.1, 0.15) is 23.1 Å². The van der Waals surface area contributed by atoms with Crippen LogP contribution in [0.2, 0.25) is 0 Å². The summed E-state index contributed by atoms with van der Waals surface area (Å²) in [5.41, 5.74) is 1.27. The zero-order valence-corrected chi connectivity index (χ0v) is 16.7. The van der Waals surface area contributed by atoms with E-state index in [-0.39, 0.29) is 11.9 Å². The van der Waals surface area contributed by atoms with Crippen molar-refractivity contribution in [2.24, 2.45) is 0 Å². The molecule has 6 nitrogen and oxygen atoms in total. The Labute approximate surface area is 178 Å². The van der Waals surface area contributed by atoms with Crippen molar-refractivity contribution in [2.45, 2.75) is 18.9 Å². The number of nitrogens with zero attached hydrogens (tertiary/aromatic N) is 4. The average molecular weight is 413 g/mol. The molecule has 7 heteroatoms. The van der Waals surface area contributed by atoms with E-state index in [1.54, 1.807) is 12.3 Å². The third kappa shape index (κ3) is 3.82. The molecule has 1 N–H and O–H groups in total. The topological polar surface area (TPSA) is 71.0 Å². The van der Waals surface area contributed by atoms with Crippen LogP contribution in [0.25, 0.3) is 10.8 Å². The van der Waals surface area contributed by atoms with E-state index in [9.17, 15) is 9.18 Å². The molecule has 1 unspecified atom stereocenters. The molecule has 0 spiro atoms. The summed E-state index contributed by atoms with van der Waals surface area (Å²) in [5, 5.41) is 4.94. The molecule has 0 bridgehead atoms. The molecule has 1 saturated heterocycles. The van der Waals surface area contributed by atoms with Crippen molar-refractivity contribution in [1.29, 1.82) is 0 Å². The first-order valence-corrected chi connectivity index (χ1v) is 10.2. The summed E-state index contributed by atoms with van der Waals surface area (Å²) in [5.74, 6) is 0.624. The summed E-state index contributed by atoms with van der Waals surface area (Å²) in [7, 11) is 0. The molecule has 1 aromatic carbocycles. The Balaban J connectivity index is 1.42. The smallest absolute Gasteiger partial charge is 0.273 e. The van der Waals surface area contributed by atoms with Crippen LogP contribution in [0.15, 0.2) is 73.1 Å². The minimum atomic E-state index is -0.394. The Morgan fingerprint density at radius 3 is 2.77 bits per heavy atom. The third-order valence-electron chi connectivity index (χ3n) is 5.49. The number of amides is 1. The number of hydrogen-bond donors (Lipinski definition) is 1. The summed E-state index contributed by atoms with van der Waals surface area (Å²) < 4.78 is 13.1. The molecule has 3 aromatic heterocycles. The molecular formula is C24H20FN5O. The van der Waals surface area contributed by atoms with E-state index < -0.39 is 5.82 Å². The van der Waals surface area contributed by atoms with Gasteiger partial charge < -0.3 is 10.2 Å². The van der Waals surface area contributed by atoms with E-state index in [4.69, 9.17) is 4.98 Å². The maximum Gasteiger partial charge on any atom is 0.273 e. The molecule has 1 amide bonds. The van der Waals surface area contributed by atoms with Gasteiger partial charge in [0.2, 0.25) is 0 Å². The fraction of sp³-hybridized carbons (Fsp3) is 0.167. The quantitative estimate of drug-likeness (QED) is 0.516. The van der Waals surface area contributed by atoms with Gasteiger partial charge in [-0.15, -0.1) is 0 Å². The average Bonchev–Trinajstić information content (AvgIpc) is 3.30. The minimum Gasteiger partial charge on any atom is -0.329 e. The van der Waals surface area contributed by atoms with Crippen LogP contribution in [0.4, 0.5) is 16.0 Å². The van der Waals surface area contributed by atoms with Crippen molar-refractivity contribution in [2.75, 3.05) is 11.9 Å². The summed E-state index contributed by atoms with van der Waals surface area (Å²) in [4.78, 5) is 28.4. The Kier molecular flexibility index (Phi) is 5.00. The number of benzene rings is 1. The predicted molar refractivity (Wildman–Crippen MR) is 116 cm³/mol. The number of fused-ring (bicyclic) bond motifs is 1. The molecule has 5 rings (SSSR count). The van der Waals surface area contributed by atoms with Crippen molar-refractivity contribution in [3.8, 4) is 0 Å². The molecule has 154 valence electrons. The standard InChI is InChI=1S/C24H20FN5O/c25-17-10-11-21(27-15-17)29-22-9-3-7-19(28-22)20-8-4-14-30(20)24(31)23-18-6-2-1-5-16(18)12-13-26-23/h1-3,5-7,9-13,15,20H,4,8,14H2,(H,27,28,29). The number of carbonyl (C=O) groups excluding carboxylic acids is 1. The Bertz CT molecular complexity index is 1240. The monoisotopic (exact) mass is 413 g/mol. The normalized spacial score (nSPS) is 15.9. The van der Waals surface area contributed by atoms with Gasteiger partial charge in [0.15, 0.2) is 0 Å². The van der Waals surface area contributed by atoms with E-state index in [1.807, 2.05) is 53.4 Å². The summed E-state index contributed by atoms with van der Waals surface area (Å²) in [6.07, 6.45) is 4.57. The number of rotatable bonds is 4. The van der Waals surface area contributed by atoms with Gasteiger partial charge in [-0.1, -0.05) is 30.3 Å². The number of aromatic nitrogens is 3. The number of nitrogens with one attached hydrogen (secondary N) is 1. The molecule has 1 aliphatic heterocycles. The first-order valence-electron chi connectivity index (χ1n) is 10.2. The Morgan fingerprint density at radius 2 is 1.90 bits per heavy atom. The first kappa shape index (κ1) is 19.1. The molecule has 1 atom stereocenters. The zero-order valence-electron chi connectivity index (χ0n) is 16.7. The lowest BCUT2D eigenvalue weighted by molar-refractivity contribution is 0.0729. The molecule has 1 aliphatic rings. The lowest BCUT2D eigenvalue weighted by Gasteiger charge is -2.25. The van der Waals surface area contributed by atoms with Gasteiger partial charge in [-0.05, 0) is 48.6 Å². The molecule has 0 aliphatic carbocycles. The lowest BCUT2D eigenvalue weighted by Crippen LogP contribution is -2.31. The van der Waals surface area contributed by atoms with E-state index >= 15 is 0 Å². The van der Waals surface area contributed by atoms with Gasteiger partial charge in [-0.2, -0.15) is 0 Å². The molecule has 4 aromatic rings. The Morgan fingerprint density at radius 1 is 1.00 bits per heavy atom. The fourth-order valence-electron chi connectivity index (χ4n) is 4.03. The van der Waals surface area contributed by atoms with Crippen molar-refractivity contribution >= 4 is 28.3 Å². The van der Waals surface area contributed by atoms with Crippen LogP contribution in [0.3, 0.4) is 0 Å². The van der Waals surface area contributed by atoms with E-state index in [2.05, 4.69) is 15.3 Å². The van der Waals surface area contributed by atoms with Crippen molar-refractivity contribution in [3.05, 3.63) is 90.3 Å². The summed E-state index contributed by atoms with van der Waals surface area (Å²) >= 11 is 0. The minimum absolute atomic E-state index is 0.0836.